The lowest BCUT2D eigenvalue weighted by atomic mass is 9.94. The van der Waals surface area contributed by atoms with E-state index < -0.39 is 0 Å². The van der Waals surface area contributed by atoms with Gasteiger partial charge in [-0.25, -0.2) is 0 Å². The summed E-state index contributed by atoms with van der Waals surface area (Å²) >= 11 is 3.37. The molecule has 0 spiro atoms. The topological polar surface area (TPSA) is 55.1 Å². The normalized spacial score (nSPS) is 11.3. The van der Waals surface area contributed by atoms with Gasteiger partial charge in [-0.2, -0.15) is 0 Å². The van der Waals surface area contributed by atoms with Crippen molar-refractivity contribution in [3.8, 4) is 0 Å². The average Bonchev–Trinajstić information content (AvgIpc) is 2.39. The Morgan fingerprint density at radius 1 is 1.28 bits per heavy atom. The van der Waals surface area contributed by atoms with Gasteiger partial charge in [-0.3, -0.25) is 4.79 Å². The number of hydrogen-bond acceptors (Lipinski definition) is 2. The first-order valence-electron chi connectivity index (χ1n) is 6.29. The fraction of sp³-hybridized carbons (Fsp3) is 0.500. The molecule has 0 aliphatic rings. The van der Waals surface area contributed by atoms with Gasteiger partial charge in [0.25, 0.3) is 0 Å². The summed E-state index contributed by atoms with van der Waals surface area (Å²) in [5.74, 6) is 0.0223. The molecule has 4 heteroatoms. The summed E-state index contributed by atoms with van der Waals surface area (Å²) in [7, 11) is 0. The van der Waals surface area contributed by atoms with E-state index in [0.717, 1.165) is 22.9 Å². The van der Waals surface area contributed by atoms with Crippen LogP contribution in [0.1, 0.15) is 32.3 Å². The molecule has 3 N–H and O–H groups in total. The Kier molecular flexibility index (Phi) is 5.82. The van der Waals surface area contributed by atoms with Gasteiger partial charge >= 0.3 is 0 Å². The van der Waals surface area contributed by atoms with Gasteiger partial charge < -0.3 is 11.1 Å². The predicted octanol–water partition coefficient (Wildman–Crippen LogP) is 2.63. The number of halogens is 1. The van der Waals surface area contributed by atoms with Crippen molar-refractivity contribution in [2.45, 2.75) is 38.6 Å². The molecule has 0 aliphatic heterocycles. The average molecular weight is 313 g/mol. The minimum Gasteiger partial charge on any atom is -0.354 e. The summed E-state index contributed by atoms with van der Waals surface area (Å²) in [6.07, 6.45) is 2.13. The first-order chi connectivity index (χ1) is 8.49. The molecule has 0 saturated heterocycles. The molecule has 0 saturated carbocycles. The van der Waals surface area contributed by atoms with Crippen LogP contribution in [0.4, 0.5) is 0 Å². The van der Waals surface area contributed by atoms with E-state index in [0.29, 0.717) is 13.0 Å². The van der Waals surface area contributed by atoms with Gasteiger partial charge in [-0.1, -0.05) is 41.9 Å². The summed E-state index contributed by atoms with van der Waals surface area (Å²) in [6.45, 7) is 4.63. The molecule has 0 bridgehead atoms. The standard InChI is InChI=1S/C14H21BrN2O/c1-3-14(16,4-2)10-17-13(18)9-11-5-7-12(15)8-6-11/h5-8H,3-4,9-10,16H2,1-2H3,(H,17,18). The lowest BCUT2D eigenvalue weighted by Crippen LogP contribution is -2.49. The second-order valence-electron chi connectivity index (χ2n) is 4.65. The molecule has 0 radical (unpaired) electrons. The van der Waals surface area contributed by atoms with E-state index >= 15 is 0 Å². The molecule has 1 aromatic carbocycles. The summed E-state index contributed by atoms with van der Waals surface area (Å²) in [4.78, 5) is 11.8. The lowest BCUT2D eigenvalue weighted by molar-refractivity contribution is -0.120. The van der Waals surface area contributed by atoms with E-state index in [1.54, 1.807) is 0 Å². The molecule has 0 fully saturated rings. The smallest absolute Gasteiger partial charge is 0.224 e. The van der Waals surface area contributed by atoms with Crippen molar-refractivity contribution >= 4 is 21.8 Å². The van der Waals surface area contributed by atoms with Crippen molar-refractivity contribution < 1.29 is 4.79 Å². The second kappa shape index (κ2) is 6.90. The molecular weight excluding hydrogens is 292 g/mol. The molecule has 1 aromatic rings. The molecule has 3 nitrogen and oxygen atoms in total. The highest BCUT2D eigenvalue weighted by atomic mass is 79.9. The first-order valence-corrected chi connectivity index (χ1v) is 7.08. The third-order valence-corrected chi connectivity index (χ3v) is 3.85. The van der Waals surface area contributed by atoms with Crippen LogP contribution in [0.2, 0.25) is 0 Å². The Hall–Kier alpha value is -0.870. The highest BCUT2D eigenvalue weighted by Gasteiger charge is 2.20. The maximum Gasteiger partial charge on any atom is 0.224 e. The zero-order valence-electron chi connectivity index (χ0n) is 11.0. The van der Waals surface area contributed by atoms with Crippen LogP contribution < -0.4 is 11.1 Å². The molecule has 100 valence electrons. The van der Waals surface area contributed by atoms with Crippen LogP contribution in [0.15, 0.2) is 28.7 Å². The fourth-order valence-electron chi connectivity index (χ4n) is 1.62. The molecule has 0 heterocycles. The van der Waals surface area contributed by atoms with Crippen molar-refractivity contribution in [3.05, 3.63) is 34.3 Å². The lowest BCUT2D eigenvalue weighted by Gasteiger charge is -2.26. The second-order valence-corrected chi connectivity index (χ2v) is 5.57. The Labute approximate surface area is 117 Å². The van der Waals surface area contributed by atoms with Crippen molar-refractivity contribution in [1.82, 2.24) is 5.32 Å². The summed E-state index contributed by atoms with van der Waals surface area (Å²) in [5, 5.41) is 2.91. The van der Waals surface area contributed by atoms with Gasteiger partial charge in [0.05, 0.1) is 6.42 Å². The van der Waals surface area contributed by atoms with Gasteiger partial charge in [0.15, 0.2) is 0 Å². The number of carbonyl (C=O) groups excluding carboxylic acids is 1. The highest BCUT2D eigenvalue weighted by molar-refractivity contribution is 9.10. The van der Waals surface area contributed by atoms with E-state index in [4.69, 9.17) is 5.73 Å². The Morgan fingerprint density at radius 3 is 2.33 bits per heavy atom. The number of nitrogens with one attached hydrogen (secondary N) is 1. The minimum absolute atomic E-state index is 0.0223. The maximum absolute atomic E-state index is 11.8. The van der Waals surface area contributed by atoms with Crippen molar-refractivity contribution in [1.29, 1.82) is 0 Å². The van der Waals surface area contributed by atoms with Crippen molar-refractivity contribution in [3.63, 3.8) is 0 Å². The first kappa shape index (κ1) is 15.2. The number of carbonyl (C=O) groups is 1. The summed E-state index contributed by atoms with van der Waals surface area (Å²) in [5.41, 5.74) is 6.86. The monoisotopic (exact) mass is 312 g/mol. The Balaban J connectivity index is 2.45. The Morgan fingerprint density at radius 2 is 1.83 bits per heavy atom. The molecule has 1 rings (SSSR count). The van der Waals surface area contributed by atoms with Crippen LogP contribution in [0.3, 0.4) is 0 Å². The minimum atomic E-state index is -0.282. The zero-order chi connectivity index (χ0) is 13.6. The SMILES string of the molecule is CCC(N)(CC)CNC(=O)Cc1ccc(Br)cc1. The highest BCUT2D eigenvalue weighted by Crippen LogP contribution is 2.12. The summed E-state index contributed by atoms with van der Waals surface area (Å²) in [6, 6.07) is 7.76. The van der Waals surface area contributed by atoms with Crippen LogP contribution in [0, 0.1) is 0 Å². The van der Waals surface area contributed by atoms with Gasteiger partial charge in [-0.05, 0) is 30.5 Å². The maximum atomic E-state index is 11.8. The summed E-state index contributed by atoms with van der Waals surface area (Å²) < 4.78 is 1.02. The van der Waals surface area contributed by atoms with Crippen LogP contribution >= 0.6 is 15.9 Å². The van der Waals surface area contributed by atoms with Gasteiger partial charge in [0, 0.05) is 16.6 Å². The molecule has 0 aromatic heterocycles. The largest absolute Gasteiger partial charge is 0.354 e. The van der Waals surface area contributed by atoms with E-state index in [2.05, 4.69) is 21.2 Å². The molecule has 1 amide bonds. The van der Waals surface area contributed by atoms with E-state index in [9.17, 15) is 4.79 Å². The van der Waals surface area contributed by atoms with Crippen LogP contribution in [-0.2, 0) is 11.2 Å². The number of nitrogens with two attached hydrogens (primary N) is 1. The van der Waals surface area contributed by atoms with Gasteiger partial charge in [-0.15, -0.1) is 0 Å². The number of benzene rings is 1. The zero-order valence-corrected chi connectivity index (χ0v) is 12.6. The molecular formula is C14H21BrN2O. The van der Waals surface area contributed by atoms with Crippen LogP contribution in [-0.4, -0.2) is 18.0 Å². The number of amides is 1. The number of hydrogen-bond donors (Lipinski definition) is 2. The number of rotatable bonds is 6. The molecule has 0 atom stereocenters. The molecule has 18 heavy (non-hydrogen) atoms. The molecule has 0 aliphatic carbocycles. The van der Waals surface area contributed by atoms with Crippen molar-refractivity contribution in [2.75, 3.05) is 6.54 Å². The molecule has 0 unspecified atom stereocenters. The van der Waals surface area contributed by atoms with E-state index in [1.165, 1.54) is 0 Å². The van der Waals surface area contributed by atoms with Crippen LogP contribution in [0.25, 0.3) is 0 Å². The Bertz CT molecular complexity index is 385. The third-order valence-electron chi connectivity index (χ3n) is 3.32. The quantitative estimate of drug-likeness (QED) is 0.848. The van der Waals surface area contributed by atoms with Gasteiger partial charge in [0.1, 0.15) is 0 Å². The van der Waals surface area contributed by atoms with E-state index in [-0.39, 0.29) is 11.4 Å². The van der Waals surface area contributed by atoms with Crippen molar-refractivity contribution in [2.24, 2.45) is 5.73 Å². The van der Waals surface area contributed by atoms with E-state index in [1.807, 2.05) is 38.1 Å². The fourth-order valence-corrected chi connectivity index (χ4v) is 1.89. The van der Waals surface area contributed by atoms with Gasteiger partial charge in [0.2, 0.25) is 5.91 Å². The predicted molar refractivity (Wildman–Crippen MR) is 78.4 cm³/mol. The van der Waals surface area contributed by atoms with Crippen LogP contribution in [0.5, 0.6) is 0 Å². The third kappa shape index (κ3) is 4.78.